The van der Waals surface area contributed by atoms with Crippen molar-refractivity contribution in [3.63, 3.8) is 0 Å². The minimum Gasteiger partial charge on any atom is -0.479 e. The average Bonchev–Trinajstić information content (AvgIpc) is 2.50. The van der Waals surface area contributed by atoms with E-state index in [1.54, 1.807) is 0 Å². The Hall–Kier alpha value is -0.640. The number of rotatable bonds is 1. The van der Waals surface area contributed by atoms with Crippen LogP contribution in [0.15, 0.2) is 0 Å². The third-order valence-electron chi connectivity index (χ3n) is 4.68. The molecule has 15 heavy (non-hydrogen) atoms. The number of hydrogen-bond donors (Lipinski definition) is 1. The molecule has 2 saturated heterocycles. The molecule has 0 aromatic carbocycles. The van der Waals surface area contributed by atoms with E-state index in [9.17, 15) is 9.18 Å². The lowest BCUT2D eigenvalue weighted by molar-refractivity contribution is -0.160. The number of carbonyl (C=O) groups is 1. The highest BCUT2D eigenvalue weighted by Gasteiger charge is 2.72. The van der Waals surface area contributed by atoms with Gasteiger partial charge >= 0.3 is 5.97 Å². The van der Waals surface area contributed by atoms with Crippen LogP contribution < -0.4 is 0 Å². The first-order chi connectivity index (χ1) is 6.64. The van der Waals surface area contributed by atoms with Crippen LogP contribution in [0, 0.1) is 10.8 Å². The van der Waals surface area contributed by atoms with Crippen molar-refractivity contribution in [2.75, 3.05) is 0 Å². The molecule has 2 aliphatic rings. The van der Waals surface area contributed by atoms with E-state index < -0.39 is 23.2 Å². The molecule has 0 spiro atoms. The van der Waals surface area contributed by atoms with Gasteiger partial charge in [-0.3, -0.25) is 0 Å². The van der Waals surface area contributed by atoms with E-state index in [0.717, 1.165) is 0 Å². The smallest absolute Gasteiger partial charge is 0.344 e. The van der Waals surface area contributed by atoms with Crippen molar-refractivity contribution in [1.29, 1.82) is 0 Å². The first kappa shape index (κ1) is 10.9. The highest BCUT2D eigenvalue weighted by molar-refractivity contribution is 5.79. The Bertz CT molecular complexity index is 324. The number of fused-ring (bicyclic) bond motifs is 2. The second-order valence-corrected chi connectivity index (χ2v) is 5.82. The lowest BCUT2D eigenvalue weighted by atomic mass is 9.56. The molecule has 2 heterocycles. The van der Waals surface area contributed by atoms with Gasteiger partial charge in [-0.05, 0) is 5.41 Å². The third-order valence-corrected chi connectivity index (χ3v) is 4.68. The van der Waals surface area contributed by atoms with E-state index in [-0.39, 0.29) is 17.9 Å². The fourth-order valence-electron chi connectivity index (χ4n) is 2.82. The van der Waals surface area contributed by atoms with Crippen LogP contribution in [0.1, 0.15) is 34.1 Å². The zero-order valence-corrected chi connectivity index (χ0v) is 9.50. The van der Waals surface area contributed by atoms with Crippen LogP contribution in [-0.4, -0.2) is 29.0 Å². The predicted octanol–water partition coefficient (Wildman–Crippen LogP) is 2.00. The summed E-state index contributed by atoms with van der Waals surface area (Å²) in [6, 6.07) is 0. The predicted molar refractivity (Wildman–Crippen MR) is 52.3 cm³/mol. The first-order valence-electron chi connectivity index (χ1n) is 5.22. The summed E-state index contributed by atoms with van der Waals surface area (Å²) >= 11 is 0. The molecule has 0 saturated carbocycles. The van der Waals surface area contributed by atoms with Gasteiger partial charge in [0.2, 0.25) is 5.67 Å². The van der Waals surface area contributed by atoms with Gasteiger partial charge in [-0.1, -0.05) is 27.7 Å². The highest BCUT2D eigenvalue weighted by Crippen LogP contribution is 2.63. The summed E-state index contributed by atoms with van der Waals surface area (Å²) in [5.74, 6) is -1.39. The lowest BCUT2D eigenvalue weighted by Gasteiger charge is -2.45. The minimum absolute atomic E-state index is 0.0244. The zero-order valence-electron chi connectivity index (χ0n) is 9.50. The topological polar surface area (TPSA) is 46.5 Å². The molecule has 0 aromatic heterocycles. The molecular weight excluding hydrogens is 199 g/mol. The van der Waals surface area contributed by atoms with Crippen LogP contribution in [0.2, 0.25) is 0 Å². The molecule has 86 valence electrons. The van der Waals surface area contributed by atoms with Crippen molar-refractivity contribution < 1.29 is 19.0 Å². The Morgan fingerprint density at radius 1 is 1.33 bits per heavy atom. The Kier molecular flexibility index (Phi) is 1.84. The number of hydrogen-bond acceptors (Lipinski definition) is 2. The molecule has 0 radical (unpaired) electrons. The number of halogens is 1. The van der Waals surface area contributed by atoms with E-state index in [4.69, 9.17) is 9.84 Å². The second-order valence-electron chi connectivity index (χ2n) is 5.82. The van der Waals surface area contributed by atoms with Crippen LogP contribution in [0.25, 0.3) is 0 Å². The van der Waals surface area contributed by atoms with Gasteiger partial charge in [-0.25, -0.2) is 9.18 Å². The maximum absolute atomic E-state index is 14.2. The maximum Gasteiger partial charge on any atom is 0.344 e. The highest BCUT2D eigenvalue weighted by atomic mass is 19.1. The number of aliphatic carboxylic acids is 1. The standard InChI is InChI=1S/C11H17FO3/c1-9(2)6-5-11(12,8(13)14)7(15-6)10(9,3)4/h6-7H,5H2,1-4H3,(H,13,14). The molecule has 3 nitrogen and oxygen atoms in total. The van der Waals surface area contributed by atoms with Crippen LogP contribution >= 0.6 is 0 Å². The van der Waals surface area contributed by atoms with E-state index in [2.05, 4.69) is 0 Å². The number of carboxylic acid groups (broad SMARTS) is 1. The van der Waals surface area contributed by atoms with E-state index in [1.807, 2.05) is 27.7 Å². The monoisotopic (exact) mass is 216 g/mol. The third kappa shape index (κ3) is 1.01. The fraction of sp³-hybridized carbons (Fsp3) is 0.909. The average molecular weight is 216 g/mol. The van der Waals surface area contributed by atoms with Crippen molar-refractivity contribution in [2.24, 2.45) is 10.8 Å². The largest absolute Gasteiger partial charge is 0.479 e. The van der Waals surface area contributed by atoms with E-state index in [1.165, 1.54) is 0 Å². The van der Waals surface area contributed by atoms with Gasteiger partial charge in [-0.15, -0.1) is 0 Å². The number of carboxylic acids is 1. The van der Waals surface area contributed by atoms with Crippen molar-refractivity contribution >= 4 is 5.97 Å². The minimum atomic E-state index is -2.20. The van der Waals surface area contributed by atoms with Crippen LogP contribution in [0.3, 0.4) is 0 Å². The molecule has 2 bridgehead atoms. The maximum atomic E-state index is 14.2. The van der Waals surface area contributed by atoms with E-state index in [0.29, 0.717) is 0 Å². The zero-order chi connectivity index (χ0) is 11.6. The summed E-state index contributed by atoms with van der Waals surface area (Å²) in [6.45, 7) is 7.79. The molecule has 0 aliphatic carbocycles. The normalized spacial score (nSPS) is 45.7. The van der Waals surface area contributed by atoms with Crippen molar-refractivity contribution in [2.45, 2.75) is 52.0 Å². The van der Waals surface area contributed by atoms with Crippen molar-refractivity contribution in [3.8, 4) is 0 Å². The molecule has 2 aliphatic heterocycles. The molecule has 2 rings (SSSR count). The van der Waals surface area contributed by atoms with Gasteiger partial charge in [0.05, 0.1) is 6.10 Å². The van der Waals surface area contributed by atoms with Gasteiger partial charge < -0.3 is 9.84 Å². The summed E-state index contributed by atoms with van der Waals surface area (Å²) in [7, 11) is 0. The Labute approximate surface area is 88.6 Å². The Morgan fingerprint density at radius 3 is 2.20 bits per heavy atom. The SMILES string of the molecule is CC1(C)C2CC(F)(C(=O)O)C(O2)C1(C)C. The molecule has 1 N–H and O–H groups in total. The van der Waals surface area contributed by atoms with Crippen molar-refractivity contribution in [1.82, 2.24) is 0 Å². The van der Waals surface area contributed by atoms with Crippen LogP contribution in [0.5, 0.6) is 0 Å². The molecular formula is C11H17FO3. The first-order valence-corrected chi connectivity index (χ1v) is 5.22. The number of ether oxygens (including phenoxy) is 1. The fourth-order valence-corrected chi connectivity index (χ4v) is 2.82. The number of alkyl halides is 1. The Morgan fingerprint density at radius 2 is 1.87 bits per heavy atom. The molecule has 4 heteroatoms. The van der Waals surface area contributed by atoms with Gasteiger partial charge in [-0.2, -0.15) is 0 Å². The second kappa shape index (κ2) is 2.54. The molecule has 0 aromatic rings. The van der Waals surface area contributed by atoms with Gasteiger partial charge in [0, 0.05) is 11.8 Å². The Balaban J connectivity index is 2.43. The van der Waals surface area contributed by atoms with Crippen LogP contribution in [0.4, 0.5) is 4.39 Å². The summed E-state index contributed by atoms with van der Waals surface area (Å²) in [4.78, 5) is 11.0. The van der Waals surface area contributed by atoms with Crippen LogP contribution in [-0.2, 0) is 9.53 Å². The molecule has 3 atom stereocenters. The van der Waals surface area contributed by atoms with Crippen molar-refractivity contribution in [3.05, 3.63) is 0 Å². The van der Waals surface area contributed by atoms with Gasteiger partial charge in [0.25, 0.3) is 0 Å². The quantitative estimate of drug-likeness (QED) is 0.729. The molecule has 3 unspecified atom stereocenters. The molecule has 2 fully saturated rings. The van der Waals surface area contributed by atoms with Gasteiger partial charge in [0.15, 0.2) is 0 Å². The van der Waals surface area contributed by atoms with Gasteiger partial charge in [0.1, 0.15) is 6.10 Å². The summed E-state index contributed by atoms with van der Waals surface area (Å²) in [5, 5.41) is 8.94. The summed E-state index contributed by atoms with van der Waals surface area (Å²) < 4.78 is 19.8. The van der Waals surface area contributed by atoms with E-state index >= 15 is 0 Å². The lowest BCUT2D eigenvalue weighted by Crippen LogP contribution is -2.56. The summed E-state index contributed by atoms with van der Waals surface area (Å²) in [6.07, 6.45) is -1.15. The summed E-state index contributed by atoms with van der Waals surface area (Å²) in [5.41, 5.74) is -2.84. The molecule has 0 amide bonds.